The fourth-order valence-electron chi connectivity index (χ4n) is 2.32. The van der Waals surface area contributed by atoms with Crippen LogP contribution >= 0.6 is 11.3 Å². The van der Waals surface area contributed by atoms with Crippen LogP contribution in [-0.4, -0.2) is 29.2 Å². The van der Waals surface area contributed by atoms with Gasteiger partial charge in [-0.25, -0.2) is 9.98 Å². The lowest BCUT2D eigenvalue weighted by Gasteiger charge is -2.10. The maximum Gasteiger partial charge on any atom is 0.191 e. The van der Waals surface area contributed by atoms with E-state index in [0.29, 0.717) is 12.5 Å². The third-order valence-electron chi connectivity index (χ3n) is 3.73. The topological polar surface area (TPSA) is 75.3 Å². The Hall–Kier alpha value is -1.89. The van der Waals surface area contributed by atoms with E-state index in [2.05, 4.69) is 51.9 Å². The summed E-state index contributed by atoms with van der Waals surface area (Å²) in [6, 6.07) is 0. The van der Waals surface area contributed by atoms with E-state index in [9.17, 15) is 0 Å². The van der Waals surface area contributed by atoms with Crippen molar-refractivity contribution in [2.75, 3.05) is 13.1 Å². The fourth-order valence-corrected chi connectivity index (χ4v) is 3.19. The molecule has 0 atom stereocenters. The molecule has 0 amide bonds. The van der Waals surface area contributed by atoms with Crippen molar-refractivity contribution in [2.24, 2.45) is 4.99 Å². The zero-order valence-electron chi connectivity index (χ0n) is 15.1. The third kappa shape index (κ3) is 5.06. The van der Waals surface area contributed by atoms with E-state index in [0.717, 1.165) is 47.6 Å². The first kappa shape index (κ1) is 18.4. The van der Waals surface area contributed by atoms with Crippen LogP contribution in [0.4, 0.5) is 0 Å². The third-order valence-corrected chi connectivity index (χ3v) is 4.58. The smallest absolute Gasteiger partial charge is 0.191 e. The van der Waals surface area contributed by atoms with Gasteiger partial charge in [0.05, 0.1) is 17.9 Å². The van der Waals surface area contributed by atoms with Gasteiger partial charge in [0.1, 0.15) is 10.8 Å². The summed E-state index contributed by atoms with van der Waals surface area (Å²) in [5.74, 6) is 2.16. The first-order chi connectivity index (χ1) is 11.5. The summed E-state index contributed by atoms with van der Waals surface area (Å²) in [5, 5.41) is 13.8. The van der Waals surface area contributed by atoms with Crippen LogP contribution in [0, 0.1) is 13.8 Å². The highest BCUT2D eigenvalue weighted by Crippen LogP contribution is 2.18. The van der Waals surface area contributed by atoms with Gasteiger partial charge in [-0.3, -0.25) is 0 Å². The quantitative estimate of drug-likeness (QED) is 0.593. The standard InChI is InChI=1S/C17H27N5OS/c1-6-18-17(19-8-7-14-12(4)22-23-13(14)5)20-9-16-21-15(10-24-16)11(2)3/h10-11H,6-9H2,1-5H3,(H2,18,19,20). The number of aromatic nitrogens is 2. The van der Waals surface area contributed by atoms with Gasteiger partial charge in [-0.1, -0.05) is 19.0 Å². The summed E-state index contributed by atoms with van der Waals surface area (Å²) in [7, 11) is 0. The molecule has 24 heavy (non-hydrogen) atoms. The number of nitrogens with zero attached hydrogens (tertiary/aromatic N) is 3. The average Bonchev–Trinajstić information content (AvgIpc) is 3.14. The van der Waals surface area contributed by atoms with Crippen molar-refractivity contribution in [3.8, 4) is 0 Å². The number of hydrogen-bond acceptors (Lipinski definition) is 5. The number of nitrogens with one attached hydrogen (secondary N) is 2. The second-order valence-corrected chi connectivity index (χ2v) is 6.94. The molecule has 2 aromatic rings. The van der Waals surface area contributed by atoms with Crippen LogP contribution in [0.5, 0.6) is 0 Å². The lowest BCUT2D eigenvalue weighted by molar-refractivity contribution is 0.392. The Morgan fingerprint density at radius 3 is 2.71 bits per heavy atom. The molecule has 6 nitrogen and oxygen atoms in total. The summed E-state index contributed by atoms with van der Waals surface area (Å²) in [6.45, 7) is 12.5. The Bertz CT molecular complexity index is 655. The Morgan fingerprint density at radius 1 is 1.33 bits per heavy atom. The summed E-state index contributed by atoms with van der Waals surface area (Å²) >= 11 is 1.67. The summed E-state index contributed by atoms with van der Waals surface area (Å²) in [6.07, 6.45) is 0.861. The molecule has 0 bridgehead atoms. The number of rotatable bonds is 7. The average molecular weight is 350 g/mol. The number of aliphatic imine (C=N–C) groups is 1. The van der Waals surface area contributed by atoms with Crippen molar-refractivity contribution < 1.29 is 4.52 Å². The maximum absolute atomic E-state index is 5.20. The van der Waals surface area contributed by atoms with Crippen molar-refractivity contribution in [1.29, 1.82) is 0 Å². The minimum Gasteiger partial charge on any atom is -0.361 e. The lowest BCUT2D eigenvalue weighted by Crippen LogP contribution is -2.38. The van der Waals surface area contributed by atoms with Gasteiger partial charge < -0.3 is 15.2 Å². The predicted octanol–water partition coefficient (Wildman–Crippen LogP) is 3.17. The molecule has 0 saturated carbocycles. The van der Waals surface area contributed by atoms with Crippen molar-refractivity contribution in [3.63, 3.8) is 0 Å². The zero-order chi connectivity index (χ0) is 17.5. The van der Waals surface area contributed by atoms with Crippen molar-refractivity contribution in [1.82, 2.24) is 20.8 Å². The van der Waals surface area contributed by atoms with Crippen LogP contribution in [0.1, 0.15) is 54.4 Å². The van der Waals surface area contributed by atoms with Crippen LogP contribution in [0.2, 0.25) is 0 Å². The molecular weight excluding hydrogens is 322 g/mol. The normalized spacial score (nSPS) is 12.0. The molecule has 0 aliphatic carbocycles. The van der Waals surface area contributed by atoms with Gasteiger partial charge in [0.2, 0.25) is 0 Å². The number of thiazole rings is 1. The van der Waals surface area contributed by atoms with Crippen molar-refractivity contribution >= 4 is 17.3 Å². The Labute approximate surface area is 147 Å². The molecule has 2 rings (SSSR count). The second kappa shape index (κ2) is 8.82. The van der Waals surface area contributed by atoms with Gasteiger partial charge in [0.25, 0.3) is 0 Å². The maximum atomic E-state index is 5.20. The number of hydrogen-bond donors (Lipinski definition) is 2. The highest BCUT2D eigenvalue weighted by atomic mass is 32.1. The zero-order valence-corrected chi connectivity index (χ0v) is 16.0. The molecule has 0 unspecified atom stereocenters. The highest BCUT2D eigenvalue weighted by Gasteiger charge is 2.09. The first-order valence-electron chi connectivity index (χ1n) is 8.39. The Balaban J connectivity index is 1.90. The minimum atomic E-state index is 0.459. The molecule has 0 spiro atoms. The van der Waals surface area contributed by atoms with Crippen LogP contribution in [-0.2, 0) is 13.0 Å². The molecule has 0 fully saturated rings. The molecule has 2 heterocycles. The molecule has 0 aliphatic rings. The first-order valence-corrected chi connectivity index (χ1v) is 9.27. The van der Waals surface area contributed by atoms with Gasteiger partial charge in [-0.2, -0.15) is 0 Å². The van der Waals surface area contributed by atoms with Gasteiger partial charge in [0.15, 0.2) is 5.96 Å². The van der Waals surface area contributed by atoms with Gasteiger partial charge >= 0.3 is 0 Å². The van der Waals surface area contributed by atoms with E-state index in [-0.39, 0.29) is 0 Å². The van der Waals surface area contributed by atoms with E-state index in [1.54, 1.807) is 11.3 Å². The second-order valence-electron chi connectivity index (χ2n) is 6.00. The Morgan fingerprint density at radius 2 is 2.12 bits per heavy atom. The summed E-state index contributed by atoms with van der Waals surface area (Å²) < 4.78 is 5.20. The molecule has 2 N–H and O–H groups in total. The van der Waals surface area contributed by atoms with E-state index < -0.39 is 0 Å². The minimum absolute atomic E-state index is 0.459. The molecule has 0 saturated heterocycles. The van der Waals surface area contributed by atoms with E-state index in [1.165, 1.54) is 5.56 Å². The van der Waals surface area contributed by atoms with Crippen LogP contribution in [0.15, 0.2) is 14.9 Å². The molecule has 132 valence electrons. The Kier molecular flexibility index (Phi) is 6.78. The molecule has 0 aromatic carbocycles. The lowest BCUT2D eigenvalue weighted by atomic mass is 10.1. The molecule has 0 radical (unpaired) electrons. The molecule has 7 heteroatoms. The van der Waals surface area contributed by atoms with Crippen LogP contribution < -0.4 is 10.6 Å². The largest absolute Gasteiger partial charge is 0.361 e. The van der Waals surface area contributed by atoms with Crippen molar-refractivity contribution in [2.45, 2.75) is 53.5 Å². The van der Waals surface area contributed by atoms with E-state index in [1.807, 2.05) is 13.8 Å². The molecular formula is C17H27N5OS. The van der Waals surface area contributed by atoms with Crippen molar-refractivity contribution in [3.05, 3.63) is 33.1 Å². The van der Waals surface area contributed by atoms with Gasteiger partial charge in [-0.05, 0) is 33.1 Å². The summed E-state index contributed by atoms with van der Waals surface area (Å²) in [5.41, 5.74) is 3.27. The molecule has 0 aliphatic heterocycles. The van der Waals surface area contributed by atoms with Gasteiger partial charge in [-0.15, -0.1) is 11.3 Å². The highest BCUT2D eigenvalue weighted by molar-refractivity contribution is 7.09. The van der Waals surface area contributed by atoms with Crippen LogP contribution in [0.25, 0.3) is 0 Å². The van der Waals surface area contributed by atoms with E-state index >= 15 is 0 Å². The number of guanidine groups is 1. The fraction of sp³-hybridized carbons (Fsp3) is 0.588. The predicted molar refractivity (Wildman–Crippen MR) is 98.7 cm³/mol. The molecule has 2 aromatic heterocycles. The number of aryl methyl sites for hydroxylation is 2. The van der Waals surface area contributed by atoms with E-state index in [4.69, 9.17) is 4.52 Å². The monoisotopic (exact) mass is 349 g/mol. The van der Waals surface area contributed by atoms with Gasteiger partial charge in [0, 0.05) is 24.0 Å². The SMILES string of the molecule is CCNC(=NCc1nc(C(C)C)cs1)NCCc1c(C)noc1C. The van der Waals surface area contributed by atoms with Crippen LogP contribution in [0.3, 0.4) is 0 Å². The summed E-state index contributed by atoms with van der Waals surface area (Å²) in [4.78, 5) is 9.24.